The van der Waals surface area contributed by atoms with Crippen molar-refractivity contribution in [2.45, 2.75) is 13.0 Å². The quantitative estimate of drug-likeness (QED) is 0.621. The number of anilines is 1. The summed E-state index contributed by atoms with van der Waals surface area (Å²) in [4.78, 5) is 26.6. The SMILES string of the molecule is NC(=O)c1ccc(NC(=O)CNCCCn2ccnc2)cc1. The van der Waals surface area contributed by atoms with E-state index in [9.17, 15) is 9.59 Å². The average Bonchev–Trinajstić information content (AvgIpc) is 3.00. The number of imidazole rings is 1. The number of benzene rings is 1. The monoisotopic (exact) mass is 301 g/mol. The van der Waals surface area contributed by atoms with E-state index in [1.807, 2.05) is 10.8 Å². The van der Waals surface area contributed by atoms with Gasteiger partial charge < -0.3 is 20.9 Å². The van der Waals surface area contributed by atoms with Gasteiger partial charge in [-0.3, -0.25) is 9.59 Å². The fourth-order valence-corrected chi connectivity index (χ4v) is 1.93. The number of nitrogens with one attached hydrogen (secondary N) is 2. The maximum Gasteiger partial charge on any atom is 0.248 e. The van der Waals surface area contributed by atoms with E-state index in [0.29, 0.717) is 11.3 Å². The van der Waals surface area contributed by atoms with Gasteiger partial charge in [-0.05, 0) is 37.2 Å². The number of carbonyl (C=O) groups excluding carboxylic acids is 2. The fraction of sp³-hybridized carbons (Fsp3) is 0.267. The van der Waals surface area contributed by atoms with Crippen molar-refractivity contribution in [1.82, 2.24) is 14.9 Å². The van der Waals surface area contributed by atoms with Crippen molar-refractivity contribution in [3.05, 3.63) is 48.5 Å². The third-order valence-electron chi connectivity index (χ3n) is 3.07. The van der Waals surface area contributed by atoms with Crippen LogP contribution >= 0.6 is 0 Å². The van der Waals surface area contributed by atoms with Crippen LogP contribution in [0.15, 0.2) is 43.0 Å². The Labute approximate surface area is 128 Å². The summed E-state index contributed by atoms with van der Waals surface area (Å²) in [5, 5.41) is 5.82. The number of primary amides is 1. The lowest BCUT2D eigenvalue weighted by molar-refractivity contribution is -0.115. The lowest BCUT2D eigenvalue weighted by Crippen LogP contribution is -2.29. The normalized spacial score (nSPS) is 10.4. The molecule has 0 aliphatic carbocycles. The molecule has 0 fully saturated rings. The van der Waals surface area contributed by atoms with Crippen LogP contribution in [0, 0.1) is 0 Å². The Morgan fingerprint density at radius 3 is 2.64 bits per heavy atom. The van der Waals surface area contributed by atoms with Crippen molar-refractivity contribution < 1.29 is 9.59 Å². The molecule has 0 radical (unpaired) electrons. The highest BCUT2D eigenvalue weighted by molar-refractivity contribution is 5.95. The molecule has 116 valence electrons. The molecule has 0 aliphatic rings. The Balaban J connectivity index is 1.64. The van der Waals surface area contributed by atoms with Gasteiger partial charge in [0.1, 0.15) is 0 Å². The van der Waals surface area contributed by atoms with Gasteiger partial charge in [0.2, 0.25) is 11.8 Å². The predicted molar refractivity (Wildman–Crippen MR) is 83.3 cm³/mol. The van der Waals surface area contributed by atoms with E-state index in [2.05, 4.69) is 15.6 Å². The van der Waals surface area contributed by atoms with Crippen LogP contribution in [0.3, 0.4) is 0 Å². The number of hydrogen-bond donors (Lipinski definition) is 3. The Morgan fingerprint density at radius 2 is 2.00 bits per heavy atom. The van der Waals surface area contributed by atoms with Crippen molar-refractivity contribution in [2.24, 2.45) is 5.73 Å². The molecule has 0 aliphatic heterocycles. The van der Waals surface area contributed by atoms with E-state index in [-0.39, 0.29) is 12.5 Å². The molecule has 7 heteroatoms. The molecule has 2 amide bonds. The number of amides is 2. The third-order valence-corrected chi connectivity index (χ3v) is 3.07. The molecule has 4 N–H and O–H groups in total. The van der Waals surface area contributed by atoms with Crippen LogP contribution in [-0.4, -0.2) is 34.5 Å². The van der Waals surface area contributed by atoms with Crippen LogP contribution in [0.2, 0.25) is 0 Å². The maximum atomic E-state index is 11.7. The minimum atomic E-state index is -0.488. The summed E-state index contributed by atoms with van der Waals surface area (Å²) in [7, 11) is 0. The summed E-state index contributed by atoms with van der Waals surface area (Å²) < 4.78 is 1.99. The lowest BCUT2D eigenvalue weighted by atomic mass is 10.2. The highest BCUT2D eigenvalue weighted by atomic mass is 16.2. The zero-order valence-corrected chi connectivity index (χ0v) is 12.2. The Morgan fingerprint density at radius 1 is 1.23 bits per heavy atom. The second kappa shape index (κ2) is 7.94. The first kappa shape index (κ1) is 15.7. The molecule has 2 rings (SSSR count). The van der Waals surface area contributed by atoms with Crippen LogP contribution in [0.1, 0.15) is 16.8 Å². The molecule has 1 aromatic heterocycles. The molecule has 1 aromatic carbocycles. The second-order valence-corrected chi connectivity index (χ2v) is 4.82. The first-order chi connectivity index (χ1) is 10.6. The zero-order chi connectivity index (χ0) is 15.8. The topological polar surface area (TPSA) is 102 Å². The van der Waals surface area contributed by atoms with Gasteiger partial charge in [0.05, 0.1) is 12.9 Å². The third kappa shape index (κ3) is 5.02. The van der Waals surface area contributed by atoms with Gasteiger partial charge in [0.25, 0.3) is 0 Å². The first-order valence-corrected chi connectivity index (χ1v) is 7.01. The number of nitrogens with zero attached hydrogens (tertiary/aromatic N) is 2. The predicted octanol–water partition coefficient (Wildman–Crippen LogP) is 0.600. The van der Waals surface area contributed by atoms with Crippen LogP contribution in [0.5, 0.6) is 0 Å². The molecule has 0 bridgehead atoms. The van der Waals surface area contributed by atoms with Crippen molar-refractivity contribution in [1.29, 1.82) is 0 Å². The molecular weight excluding hydrogens is 282 g/mol. The van der Waals surface area contributed by atoms with Crippen LogP contribution in [-0.2, 0) is 11.3 Å². The Bertz CT molecular complexity index is 607. The molecular formula is C15H19N5O2. The highest BCUT2D eigenvalue weighted by Gasteiger charge is 2.03. The molecule has 2 aromatic rings. The van der Waals surface area contributed by atoms with Crippen molar-refractivity contribution >= 4 is 17.5 Å². The highest BCUT2D eigenvalue weighted by Crippen LogP contribution is 2.08. The van der Waals surface area contributed by atoms with E-state index in [0.717, 1.165) is 19.5 Å². The summed E-state index contributed by atoms with van der Waals surface area (Å²) in [5.41, 5.74) is 6.20. The molecule has 0 saturated carbocycles. The summed E-state index contributed by atoms with van der Waals surface area (Å²) in [5.74, 6) is -0.619. The minimum Gasteiger partial charge on any atom is -0.366 e. The van der Waals surface area contributed by atoms with Gasteiger partial charge in [-0.1, -0.05) is 0 Å². The largest absolute Gasteiger partial charge is 0.366 e. The number of rotatable bonds is 8. The molecule has 0 spiro atoms. The number of aryl methyl sites for hydroxylation is 1. The fourth-order valence-electron chi connectivity index (χ4n) is 1.93. The molecule has 0 unspecified atom stereocenters. The Hall–Kier alpha value is -2.67. The first-order valence-electron chi connectivity index (χ1n) is 7.01. The van der Waals surface area contributed by atoms with Gasteiger partial charge in [-0.2, -0.15) is 0 Å². The number of nitrogens with two attached hydrogens (primary N) is 1. The molecule has 0 saturated heterocycles. The standard InChI is InChI=1S/C15H19N5O2/c16-15(22)12-2-4-13(5-3-12)19-14(21)10-17-6-1-8-20-9-7-18-11-20/h2-5,7,9,11,17H,1,6,8,10H2,(H2,16,22)(H,19,21). The summed E-state index contributed by atoms with van der Waals surface area (Å²) >= 11 is 0. The van der Waals surface area contributed by atoms with Crippen LogP contribution < -0.4 is 16.4 Å². The molecule has 0 atom stereocenters. The van der Waals surface area contributed by atoms with Gasteiger partial charge in [-0.25, -0.2) is 4.98 Å². The zero-order valence-electron chi connectivity index (χ0n) is 12.2. The average molecular weight is 301 g/mol. The van der Waals surface area contributed by atoms with E-state index in [1.165, 1.54) is 0 Å². The molecule has 7 nitrogen and oxygen atoms in total. The summed E-state index contributed by atoms with van der Waals surface area (Å²) in [6.07, 6.45) is 6.33. The van der Waals surface area contributed by atoms with E-state index >= 15 is 0 Å². The van der Waals surface area contributed by atoms with Crippen LogP contribution in [0.25, 0.3) is 0 Å². The van der Waals surface area contributed by atoms with E-state index in [1.54, 1.807) is 36.8 Å². The number of hydrogen-bond acceptors (Lipinski definition) is 4. The minimum absolute atomic E-state index is 0.130. The molecule has 22 heavy (non-hydrogen) atoms. The second-order valence-electron chi connectivity index (χ2n) is 4.82. The Kier molecular flexibility index (Phi) is 5.67. The molecule has 1 heterocycles. The summed E-state index contributed by atoms with van der Waals surface area (Å²) in [6, 6.07) is 6.46. The maximum absolute atomic E-state index is 11.7. The smallest absolute Gasteiger partial charge is 0.248 e. The van der Waals surface area contributed by atoms with E-state index < -0.39 is 5.91 Å². The van der Waals surface area contributed by atoms with Crippen molar-refractivity contribution in [2.75, 3.05) is 18.4 Å². The summed E-state index contributed by atoms with van der Waals surface area (Å²) in [6.45, 7) is 1.84. The van der Waals surface area contributed by atoms with Gasteiger partial charge in [-0.15, -0.1) is 0 Å². The van der Waals surface area contributed by atoms with Crippen LogP contribution in [0.4, 0.5) is 5.69 Å². The van der Waals surface area contributed by atoms with Crippen molar-refractivity contribution in [3.8, 4) is 0 Å². The number of carbonyl (C=O) groups is 2. The lowest BCUT2D eigenvalue weighted by Gasteiger charge is -2.07. The van der Waals surface area contributed by atoms with Gasteiger partial charge >= 0.3 is 0 Å². The van der Waals surface area contributed by atoms with Crippen molar-refractivity contribution in [3.63, 3.8) is 0 Å². The van der Waals surface area contributed by atoms with Gasteiger partial charge in [0.15, 0.2) is 0 Å². The van der Waals surface area contributed by atoms with Gasteiger partial charge in [0, 0.05) is 30.2 Å². The van der Waals surface area contributed by atoms with E-state index in [4.69, 9.17) is 5.73 Å². The number of aromatic nitrogens is 2.